The predicted molar refractivity (Wildman–Crippen MR) is 61.9 cm³/mol. The summed E-state index contributed by atoms with van der Waals surface area (Å²) in [4.78, 5) is 5.50. The number of para-hydroxylation sites is 1. The van der Waals surface area contributed by atoms with Crippen LogP contribution in [0, 0.1) is 0 Å². The fourth-order valence-electron chi connectivity index (χ4n) is 1.71. The molecule has 0 aliphatic carbocycles. The molecule has 1 aliphatic heterocycles. The van der Waals surface area contributed by atoms with Crippen molar-refractivity contribution in [1.82, 2.24) is 0 Å². The van der Waals surface area contributed by atoms with E-state index in [-0.39, 0.29) is 10.6 Å². The molecule has 16 heavy (non-hydrogen) atoms. The van der Waals surface area contributed by atoms with Crippen LogP contribution in [0.1, 0.15) is 6.42 Å². The molecule has 0 spiro atoms. The predicted octanol–water partition coefficient (Wildman–Crippen LogP) is 0.814. The van der Waals surface area contributed by atoms with Crippen molar-refractivity contribution < 1.29 is 13.3 Å². The molecule has 2 rings (SSSR count). The van der Waals surface area contributed by atoms with E-state index >= 15 is 0 Å². The van der Waals surface area contributed by atoms with Crippen molar-refractivity contribution in [2.75, 3.05) is 30.2 Å². The highest BCUT2D eigenvalue weighted by Gasteiger charge is 2.20. The van der Waals surface area contributed by atoms with Crippen molar-refractivity contribution in [2.45, 2.75) is 11.3 Å². The third-order valence-corrected chi connectivity index (χ3v) is 3.62. The molecule has 1 aliphatic rings. The molecular weight excluding hydrogens is 228 g/mol. The van der Waals surface area contributed by atoms with Crippen LogP contribution < -0.4 is 10.8 Å². The first-order valence-electron chi connectivity index (χ1n) is 4.99. The molecule has 0 saturated carbocycles. The number of hydroxylamine groups is 1. The summed E-state index contributed by atoms with van der Waals surface area (Å²) in [7, 11) is -3.29. The lowest BCUT2D eigenvalue weighted by Gasteiger charge is -2.19. The number of rotatable bonds is 2. The minimum absolute atomic E-state index is 0.153. The lowest BCUT2D eigenvalue weighted by Crippen LogP contribution is -2.18. The minimum atomic E-state index is -3.29. The van der Waals surface area contributed by atoms with Gasteiger partial charge in [0.2, 0.25) is 0 Å². The van der Waals surface area contributed by atoms with Crippen LogP contribution in [0.25, 0.3) is 0 Å². The van der Waals surface area contributed by atoms with Gasteiger partial charge in [0, 0.05) is 12.8 Å². The molecule has 5 nitrogen and oxygen atoms in total. The summed E-state index contributed by atoms with van der Waals surface area (Å²) >= 11 is 0. The van der Waals surface area contributed by atoms with Crippen molar-refractivity contribution in [3.63, 3.8) is 0 Å². The van der Waals surface area contributed by atoms with Gasteiger partial charge in [-0.25, -0.2) is 8.42 Å². The molecule has 1 aromatic carbocycles. The second kappa shape index (κ2) is 3.95. The topological polar surface area (TPSA) is 72.6 Å². The highest BCUT2D eigenvalue weighted by molar-refractivity contribution is 7.90. The maximum absolute atomic E-state index is 11.5. The smallest absolute Gasteiger partial charge is 0.177 e. The number of nitrogen functional groups attached to an aromatic ring is 1. The number of hydrogen-bond acceptors (Lipinski definition) is 5. The second-order valence-electron chi connectivity index (χ2n) is 3.75. The Kier molecular flexibility index (Phi) is 2.77. The van der Waals surface area contributed by atoms with E-state index < -0.39 is 9.84 Å². The van der Waals surface area contributed by atoms with Gasteiger partial charge in [-0.2, -0.15) is 0 Å². The third-order valence-electron chi connectivity index (χ3n) is 2.46. The maximum Gasteiger partial charge on any atom is 0.177 e. The molecule has 0 atom stereocenters. The second-order valence-corrected chi connectivity index (χ2v) is 5.73. The summed E-state index contributed by atoms with van der Waals surface area (Å²) in [6.07, 6.45) is 2.07. The lowest BCUT2D eigenvalue weighted by molar-refractivity contribution is 0.168. The molecular formula is C10H14N2O3S. The molecule has 0 aromatic heterocycles. The van der Waals surface area contributed by atoms with Gasteiger partial charge in [0.1, 0.15) is 0 Å². The van der Waals surface area contributed by atoms with Gasteiger partial charge in [-0.3, -0.25) is 9.90 Å². The highest BCUT2D eigenvalue weighted by atomic mass is 32.2. The summed E-state index contributed by atoms with van der Waals surface area (Å²) < 4.78 is 23.0. The number of benzene rings is 1. The Morgan fingerprint density at radius 1 is 1.44 bits per heavy atom. The Morgan fingerprint density at radius 2 is 2.19 bits per heavy atom. The van der Waals surface area contributed by atoms with Crippen LogP contribution in [0.2, 0.25) is 0 Å². The van der Waals surface area contributed by atoms with Crippen LogP contribution in [0.4, 0.5) is 11.4 Å². The molecule has 0 unspecified atom stereocenters. The van der Waals surface area contributed by atoms with Crippen LogP contribution in [-0.4, -0.2) is 27.8 Å². The van der Waals surface area contributed by atoms with E-state index in [1.807, 2.05) is 0 Å². The first kappa shape index (κ1) is 11.2. The van der Waals surface area contributed by atoms with Crippen molar-refractivity contribution >= 4 is 21.2 Å². The SMILES string of the molecule is CS(=O)(=O)c1cccc(N2CCCO2)c1N. The van der Waals surface area contributed by atoms with E-state index in [1.165, 1.54) is 6.07 Å². The van der Waals surface area contributed by atoms with Crippen LogP contribution >= 0.6 is 0 Å². The van der Waals surface area contributed by atoms with Crippen LogP contribution in [0.5, 0.6) is 0 Å². The quantitative estimate of drug-likeness (QED) is 0.777. The van der Waals surface area contributed by atoms with Crippen molar-refractivity contribution in [2.24, 2.45) is 0 Å². The Hall–Kier alpha value is -1.27. The van der Waals surface area contributed by atoms with Crippen molar-refractivity contribution in [1.29, 1.82) is 0 Å². The molecule has 0 radical (unpaired) electrons. The monoisotopic (exact) mass is 242 g/mol. The molecule has 1 saturated heterocycles. The zero-order valence-electron chi connectivity index (χ0n) is 9.01. The number of nitrogens with zero attached hydrogens (tertiary/aromatic N) is 1. The molecule has 1 aromatic rings. The molecule has 0 bridgehead atoms. The first-order chi connectivity index (χ1) is 7.50. The Balaban J connectivity index is 2.48. The van der Waals surface area contributed by atoms with E-state index in [0.717, 1.165) is 19.2 Å². The third kappa shape index (κ3) is 1.98. The van der Waals surface area contributed by atoms with Crippen molar-refractivity contribution in [3.8, 4) is 0 Å². The number of nitrogens with two attached hydrogens (primary N) is 1. The van der Waals surface area contributed by atoms with E-state index in [0.29, 0.717) is 12.3 Å². The molecule has 2 N–H and O–H groups in total. The summed E-state index contributed by atoms with van der Waals surface area (Å²) in [5, 5.41) is 1.64. The van der Waals surface area contributed by atoms with E-state index in [1.54, 1.807) is 17.2 Å². The van der Waals surface area contributed by atoms with Crippen molar-refractivity contribution in [3.05, 3.63) is 18.2 Å². The van der Waals surface area contributed by atoms with E-state index in [2.05, 4.69) is 0 Å². The molecule has 6 heteroatoms. The summed E-state index contributed by atoms with van der Waals surface area (Å²) in [6, 6.07) is 4.93. The van der Waals surface area contributed by atoms with Gasteiger partial charge in [0.05, 0.1) is 22.9 Å². The van der Waals surface area contributed by atoms with Gasteiger partial charge >= 0.3 is 0 Å². The number of hydrogen-bond donors (Lipinski definition) is 1. The zero-order chi connectivity index (χ0) is 11.8. The van der Waals surface area contributed by atoms with Gasteiger partial charge in [0.25, 0.3) is 0 Å². The fraction of sp³-hybridized carbons (Fsp3) is 0.400. The summed E-state index contributed by atoms with van der Waals surface area (Å²) in [5.74, 6) is 0. The Morgan fingerprint density at radius 3 is 2.75 bits per heavy atom. The van der Waals surface area contributed by atoms with Gasteiger partial charge in [0.15, 0.2) is 9.84 Å². The molecule has 1 fully saturated rings. The van der Waals surface area contributed by atoms with Gasteiger partial charge in [-0.15, -0.1) is 0 Å². The number of anilines is 2. The normalized spacial score (nSPS) is 16.7. The largest absolute Gasteiger partial charge is 0.396 e. The maximum atomic E-state index is 11.5. The summed E-state index contributed by atoms with van der Waals surface area (Å²) in [5.41, 5.74) is 6.73. The standard InChI is InChI=1S/C10H14N2O3S/c1-16(13,14)9-5-2-4-8(10(9)11)12-6-3-7-15-12/h2,4-5H,3,6-7,11H2,1H3. The van der Waals surface area contributed by atoms with Crippen LogP contribution in [0.3, 0.4) is 0 Å². The van der Waals surface area contributed by atoms with E-state index in [9.17, 15) is 8.42 Å². The summed E-state index contributed by atoms with van der Waals surface area (Å²) in [6.45, 7) is 1.37. The Labute approximate surface area is 94.7 Å². The van der Waals surface area contributed by atoms with Crippen LogP contribution in [-0.2, 0) is 14.7 Å². The van der Waals surface area contributed by atoms with Gasteiger partial charge in [-0.05, 0) is 18.6 Å². The lowest BCUT2D eigenvalue weighted by atomic mass is 10.2. The first-order valence-corrected chi connectivity index (χ1v) is 6.88. The van der Waals surface area contributed by atoms with Crippen LogP contribution in [0.15, 0.2) is 23.1 Å². The minimum Gasteiger partial charge on any atom is -0.396 e. The average molecular weight is 242 g/mol. The molecule has 1 heterocycles. The Bertz CT molecular complexity index is 493. The molecule has 0 amide bonds. The van der Waals surface area contributed by atoms with E-state index in [4.69, 9.17) is 10.6 Å². The zero-order valence-corrected chi connectivity index (χ0v) is 9.83. The number of sulfone groups is 1. The fourth-order valence-corrected chi connectivity index (χ4v) is 2.54. The van der Waals surface area contributed by atoms with Gasteiger partial charge in [-0.1, -0.05) is 6.07 Å². The average Bonchev–Trinajstić information content (AvgIpc) is 2.69. The van der Waals surface area contributed by atoms with Gasteiger partial charge < -0.3 is 5.73 Å². The highest BCUT2D eigenvalue weighted by Crippen LogP contribution is 2.31. The molecule has 88 valence electrons.